The lowest BCUT2D eigenvalue weighted by molar-refractivity contribution is -0.154. The minimum absolute atomic E-state index is 0.0390. The van der Waals surface area contributed by atoms with Crippen molar-refractivity contribution in [1.29, 1.82) is 0 Å². The lowest BCUT2D eigenvalue weighted by Gasteiger charge is -2.50. The molecule has 1 heterocycles. The van der Waals surface area contributed by atoms with Crippen molar-refractivity contribution in [2.24, 2.45) is 17.6 Å². The molecule has 222 valence electrons. The number of ketones is 2. The van der Waals surface area contributed by atoms with E-state index in [1.54, 1.807) is 19.1 Å². The van der Waals surface area contributed by atoms with E-state index in [1.165, 1.54) is 19.3 Å². The van der Waals surface area contributed by atoms with Crippen molar-refractivity contribution in [2.75, 3.05) is 19.6 Å². The summed E-state index contributed by atoms with van der Waals surface area (Å²) in [6.07, 6.45) is 3.31. The van der Waals surface area contributed by atoms with Crippen molar-refractivity contribution < 1.29 is 39.9 Å². The van der Waals surface area contributed by atoms with Crippen LogP contribution in [-0.2, 0) is 15.0 Å². The number of Topliss-reactive ketones (excluding diaryl/α,β-unsaturated/α-hetero) is 2. The Morgan fingerprint density at radius 2 is 1.78 bits per heavy atom. The summed E-state index contributed by atoms with van der Waals surface area (Å²) in [4.78, 5) is 41.6. The lowest BCUT2D eigenvalue weighted by atomic mass is 9.56. The quantitative estimate of drug-likeness (QED) is 0.281. The molecule has 1 aromatic rings. The van der Waals surface area contributed by atoms with Gasteiger partial charge in [-0.15, -0.1) is 0 Å². The van der Waals surface area contributed by atoms with Gasteiger partial charge in [-0.05, 0) is 62.2 Å². The van der Waals surface area contributed by atoms with Gasteiger partial charge in [0, 0.05) is 29.4 Å². The average molecular weight is 569 g/mol. The van der Waals surface area contributed by atoms with Gasteiger partial charge in [0.1, 0.15) is 22.8 Å². The first-order chi connectivity index (χ1) is 19.2. The van der Waals surface area contributed by atoms with E-state index in [9.17, 15) is 39.9 Å². The molecule has 0 aromatic heterocycles. The van der Waals surface area contributed by atoms with Gasteiger partial charge in [-0.1, -0.05) is 39.3 Å². The maximum atomic E-state index is 14.0. The van der Waals surface area contributed by atoms with Gasteiger partial charge in [0.05, 0.1) is 11.7 Å². The number of likely N-dealkylation sites (tertiary alicyclic amines) is 1. The summed E-state index contributed by atoms with van der Waals surface area (Å²) in [6.45, 7) is 8.88. The zero-order valence-corrected chi connectivity index (χ0v) is 23.8. The van der Waals surface area contributed by atoms with Crippen LogP contribution in [0.1, 0.15) is 86.7 Å². The number of carbonyl (C=O) groups is 3. The number of carbonyl (C=O) groups excluding carboxylic acids is 3. The van der Waals surface area contributed by atoms with Crippen molar-refractivity contribution in [3.05, 3.63) is 51.5 Å². The standard InChI is InChI=1S/C31H40N2O8/c1-15-16-8-9-17(30(2,3)10-7-13-33-11-5-4-6-12-33)24(35)21(16)26(37)23-20(15)25(36)18-14-19(34)22(29(32)40)27(38)31(18,41)28(23)39/h8-9,15,18,20,25,34-36,39,41H,4-7,10-14H2,1-3H3,(H2,32,40)/t15-,18+,20+,25+,31+/m0/s1. The molecular formula is C31H40N2O8. The molecule has 0 spiro atoms. The molecule has 1 amide bonds. The SMILES string of the molecule is C[C@H]1c2ccc(C(C)(C)CCCN3CCCCC3)c(O)c2C(=O)C2=C(O)[C@]3(O)C(=O)C(C(N)=O)=C(O)C[C@@H]3[C@@H](O)[C@@H]21. The summed E-state index contributed by atoms with van der Waals surface area (Å²) in [5, 5.41) is 56.1. The molecule has 1 aliphatic heterocycles. The summed E-state index contributed by atoms with van der Waals surface area (Å²) >= 11 is 0. The number of allylic oxidation sites excluding steroid dienone is 1. The van der Waals surface area contributed by atoms with Gasteiger partial charge < -0.3 is 36.2 Å². The smallest absolute Gasteiger partial charge is 0.255 e. The summed E-state index contributed by atoms with van der Waals surface area (Å²) < 4.78 is 0. The number of aliphatic hydroxyl groups is 4. The summed E-state index contributed by atoms with van der Waals surface area (Å²) in [7, 11) is 0. The number of piperidine rings is 1. The fourth-order valence-electron chi connectivity index (χ4n) is 7.60. The van der Waals surface area contributed by atoms with Crippen LogP contribution < -0.4 is 5.73 Å². The first kappa shape index (κ1) is 29.3. The molecule has 3 aliphatic carbocycles. The van der Waals surface area contributed by atoms with Crippen molar-refractivity contribution in [3.63, 3.8) is 0 Å². The highest BCUT2D eigenvalue weighted by Crippen LogP contribution is 2.55. The van der Waals surface area contributed by atoms with Crippen LogP contribution in [-0.4, -0.2) is 79.2 Å². The van der Waals surface area contributed by atoms with Crippen LogP contribution in [0.2, 0.25) is 0 Å². The second-order valence-corrected chi connectivity index (χ2v) is 12.8. The molecule has 0 radical (unpaired) electrons. The third-order valence-electron chi connectivity index (χ3n) is 9.95. The summed E-state index contributed by atoms with van der Waals surface area (Å²) in [6, 6.07) is 3.56. The zero-order valence-electron chi connectivity index (χ0n) is 23.8. The molecule has 0 unspecified atom stereocenters. The molecule has 1 fully saturated rings. The van der Waals surface area contributed by atoms with Crippen LogP contribution >= 0.6 is 0 Å². The number of benzene rings is 1. The van der Waals surface area contributed by atoms with Crippen LogP contribution in [0.5, 0.6) is 5.75 Å². The van der Waals surface area contributed by atoms with E-state index in [4.69, 9.17) is 5.73 Å². The van der Waals surface area contributed by atoms with Gasteiger partial charge in [-0.25, -0.2) is 0 Å². The minimum Gasteiger partial charge on any atom is -0.511 e. The fraction of sp³-hybridized carbons (Fsp3) is 0.581. The van der Waals surface area contributed by atoms with Crippen LogP contribution in [0.25, 0.3) is 0 Å². The van der Waals surface area contributed by atoms with Gasteiger partial charge in [-0.3, -0.25) is 14.4 Å². The van der Waals surface area contributed by atoms with E-state index in [0.29, 0.717) is 11.1 Å². The minimum atomic E-state index is -2.84. The topological polar surface area (TPSA) is 182 Å². The Hall–Kier alpha value is -3.21. The van der Waals surface area contributed by atoms with Gasteiger partial charge in [-0.2, -0.15) is 0 Å². The number of aromatic hydroxyl groups is 1. The largest absolute Gasteiger partial charge is 0.511 e. The van der Waals surface area contributed by atoms with Crippen molar-refractivity contribution >= 4 is 17.5 Å². The molecular weight excluding hydrogens is 528 g/mol. The Morgan fingerprint density at radius 1 is 1.12 bits per heavy atom. The molecule has 4 aliphatic rings. The zero-order chi connectivity index (χ0) is 30.0. The predicted molar refractivity (Wildman–Crippen MR) is 149 cm³/mol. The molecule has 0 bridgehead atoms. The number of nitrogens with two attached hydrogens (primary N) is 1. The highest BCUT2D eigenvalue weighted by atomic mass is 16.4. The lowest BCUT2D eigenvalue weighted by Crippen LogP contribution is -2.62. The normalized spacial score (nSPS) is 30.7. The number of nitrogens with zero attached hydrogens (tertiary/aromatic N) is 1. The van der Waals surface area contributed by atoms with Gasteiger partial charge in [0.15, 0.2) is 11.4 Å². The van der Waals surface area contributed by atoms with Crippen molar-refractivity contribution in [3.8, 4) is 5.75 Å². The number of fused-ring (bicyclic) bond motifs is 3. The van der Waals surface area contributed by atoms with Crippen LogP contribution in [0.15, 0.2) is 34.8 Å². The van der Waals surface area contributed by atoms with E-state index >= 15 is 0 Å². The van der Waals surface area contributed by atoms with Gasteiger partial charge in [0.25, 0.3) is 5.91 Å². The van der Waals surface area contributed by atoms with E-state index < -0.39 is 75.9 Å². The van der Waals surface area contributed by atoms with E-state index in [1.807, 2.05) is 13.8 Å². The number of rotatable bonds is 6. The number of amides is 1. The van der Waals surface area contributed by atoms with Crippen LogP contribution in [0.4, 0.5) is 0 Å². The molecule has 5 atom stereocenters. The molecule has 5 rings (SSSR count). The van der Waals surface area contributed by atoms with Gasteiger partial charge in [0.2, 0.25) is 5.78 Å². The highest BCUT2D eigenvalue weighted by Gasteiger charge is 2.64. The van der Waals surface area contributed by atoms with E-state index in [-0.39, 0.29) is 16.9 Å². The maximum Gasteiger partial charge on any atom is 0.255 e. The Kier molecular flexibility index (Phi) is 7.33. The first-order valence-corrected chi connectivity index (χ1v) is 14.5. The molecule has 41 heavy (non-hydrogen) atoms. The number of primary amides is 1. The summed E-state index contributed by atoms with van der Waals surface area (Å²) in [5.41, 5.74) is 1.68. The highest BCUT2D eigenvalue weighted by molar-refractivity contribution is 6.24. The monoisotopic (exact) mass is 568 g/mol. The molecule has 1 aromatic carbocycles. The van der Waals surface area contributed by atoms with Crippen LogP contribution in [0.3, 0.4) is 0 Å². The Balaban J connectivity index is 1.53. The number of phenols is 1. The second kappa shape index (κ2) is 10.3. The molecule has 0 saturated carbocycles. The third kappa shape index (κ3) is 4.38. The first-order valence-electron chi connectivity index (χ1n) is 14.5. The number of aliphatic hydroxyl groups excluding tert-OH is 3. The molecule has 10 heteroatoms. The Labute approximate surface area is 239 Å². The average Bonchev–Trinajstić information content (AvgIpc) is 2.91. The third-order valence-corrected chi connectivity index (χ3v) is 9.95. The van der Waals surface area contributed by atoms with Crippen LogP contribution in [0, 0.1) is 11.8 Å². The molecule has 10 nitrogen and oxygen atoms in total. The van der Waals surface area contributed by atoms with E-state index in [2.05, 4.69) is 4.90 Å². The predicted octanol–water partition coefficient (Wildman–Crippen LogP) is 2.66. The van der Waals surface area contributed by atoms with E-state index in [0.717, 1.165) is 32.5 Å². The molecule has 7 N–H and O–H groups in total. The van der Waals surface area contributed by atoms with Gasteiger partial charge >= 0.3 is 0 Å². The fourth-order valence-corrected chi connectivity index (χ4v) is 7.60. The van der Waals surface area contributed by atoms with Crippen molar-refractivity contribution in [2.45, 2.75) is 82.3 Å². The Bertz CT molecular complexity index is 1370. The Morgan fingerprint density at radius 3 is 2.41 bits per heavy atom. The summed E-state index contributed by atoms with van der Waals surface area (Å²) in [5.74, 6) is -8.42. The number of hydrogen-bond acceptors (Lipinski definition) is 9. The second-order valence-electron chi connectivity index (χ2n) is 12.8. The number of hydrogen-bond donors (Lipinski definition) is 6. The maximum absolute atomic E-state index is 14.0. The van der Waals surface area contributed by atoms with Crippen molar-refractivity contribution in [1.82, 2.24) is 4.90 Å². The number of phenolic OH excluding ortho intramolecular Hbond substituents is 1. The molecule has 1 saturated heterocycles.